The molecular formula is C15H16IN5. The Morgan fingerprint density at radius 3 is 2.57 bits per heavy atom. The van der Waals surface area contributed by atoms with Gasteiger partial charge in [-0.1, -0.05) is 18.2 Å². The topological polar surface area (TPSA) is 61.7 Å². The number of anilines is 1. The smallest absolute Gasteiger partial charge is 0.136 e. The van der Waals surface area contributed by atoms with Gasteiger partial charge in [-0.2, -0.15) is 10.2 Å². The van der Waals surface area contributed by atoms with E-state index < -0.39 is 0 Å². The lowest BCUT2D eigenvalue weighted by Crippen LogP contribution is -2.11. The van der Waals surface area contributed by atoms with Crippen LogP contribution in [0.3, 0.4) is 0 Å². The van der Waals surface area contributed by atoms with Crippen LogP contribution in [0.15, 0.2) is 42.7 Å². The molecule has 0 saturated heterocycles. The molecule has 3 aromatic rings. The Hall–Kier alpha value is -1.83. The molecule has 0 amide bonds. The molecule has 5 nitrogen and oxygen atoms in total. The number of benzene rings is 1. The number of hydrogen-bond acceptors (Lipinski definition) is 3. The van der Waals surface area contributed by atoms with Crippen molar-refractivity contribution in [3.8, 4) is 5.69 Å². The summed E-state index contributed by atoms with van der Waals surface area (Å²) in [4.78, 5) is 0. The highest BCUT2D eigenvalue weighted by Crippen LogP contribution is 2.26. The third-order valence-corrected chi connectivity index (χ3v) is 4.85. The van der Waals surface area contributed by atoms with Gasteiger partial charge in [-0.25, -0.2) is 9.36 Å². The first-order valence-corrected chi connectivity index (χ1v) is 7.76. The van der Waals surface area contributed by atoms with Gasteiger partial charge in [-0.05, 0) is 48.6 Å². The van der Waals surface area contributed by atoms with E-state index in [1.807, 2.05) is 59.0 Å². The van der Waals surface area contributed by atoms with Gasteiger partial charge in [-0.15, -0.1) is 0 Å². The zero-order valence-electron chi connectivity index (χ0n) is 11.9. The second-order valence-corrected chi connectivity index (χ2v) is 6.04. The third-order valence-electron chi connectivity index (χ3n) is 3.52. The van der Waals surface area contributed by atoms with Gasteiger partial charge >= 0.3 is 0 Å². The van der Waals surface area contributed by atoms with Crippen molar-refractivity contribution in [3.63, 3.8) is 0 Å². The van der Waals surface area contributed by atoms with E-state index in [4.69, 9.17) is 5.73 Å². The molecule has 0 radical (unpaired) electrons. The van der Waals surface area contributed by atoms with Crippen LogP contribution in [0.4, 0.5) is 5.82 Å². The minimum atomic E-state index is 0.0460. The van der Waals surface area contributed by atoms with Crippen molar-refractivity contribution < 1.29 is 0 Å². The monoisotopic (exact) mass is 393 g/mol. The van der Waals surface area contributed by atoms with E-state index in [9.17, 15) is 0 Å². The highest BCUT2D eigenvalue weighted by Gasteiger charge is 2.17. The number of rotatable bonds is 3. The number of halogens is 1. The van der Waals surface area contributed by atoms with Gasteiger partial charge in [0.05, 0.1) is 27.2 Å². The minimum Gasteiger partial charge on any atom is -0.383 e. The van der Waals surface area contributed by atoms with Crippen molar-refractivity contribution in [1.82, 2.24) is 19.6 Å². The minimum absolute atomic E-state index is 0.0460. The molecule has 0 bridgehead atoms. The van der Waals surface area contributed by atoms with Crippen LogP contribution in [0.1, 0.15) is 24.2 Å². The molecular weight excluding hydrogens is 377 g/mol. The maximum atomic E-state index is 6.13. The van der Waals surface area contributed by atoms with Crippen LogP contribution in [0.2, 0.25) is 0 Å². The standard InChI is InChI=1S/C15H16IN5/c1-10-14(16)15(17)21(19-10)11(2)12-8-18-20(9-12)13-6-4-3-5-7-13/h3-9,11H,17H2,1-2H3. The summed E-state index contributed by atoms with van der Waals surface area (Å²) >= 11 is 2.23. The Morgan fingerprint density at radius 2 is 1.95 bits per heavy atom. The molecule has 0 aliphatic carbocycles. The van der Waals surface area contributed by atoms with Gasteiger partial charge in [0.15, 0.2) is 0 Å². The Labute approximate surface area is 136 Å². The summed E-state index contributed by atoms with van der Waals surface area (Å²) in [5.41, 5.74) is 9.19. The van der Waals surface area contributed by atoms with E-state index >= 15 is 0 Å². The Kier molecular flexibility index (Phi) is 3.71. The maximum Gasteiger partial charge on any atom is 0.136 e. The number of para-hydroxylation sites is 1. The lowest BCUT2D eigenvalue weighted by atomic mass is 10.2. The number of aromatic nitrogens is 4. The van der Waals surface area contributed by atoms with Crippen molar-refractivity contribution in [1.29, 1.82) is 0 Å². The SMILES string of the molecule is Cc1nn(C(C)c2cnn(-c3ccccc3)c2)c(N)c1I. The normalized spacial score (nSPS) is 12.5. The molecule has 0 fully saturated rings. The summed E-state index contributed by atoms with van der Waals surface area (Å²) in [5.74, 6) is 0.702. The highest BCUT2D eigenvalue weighted by atomic mass is 127. The molecule has 2 aromatic heterocycles. The van der Waals surface area contributed by atoms with Crippen LogP contribution >= 0.6 is 22.6 Å². The fourth-order valence-corrected chi connectivity index (χ4v) is 2.61. The van der Waals surface area contributed by atoms with E-state index in [-0.39, 0.29) is 6.04 Å². The van der Waals surface area contributed by atoms with E-state index in [1.165, 1.54) is 0 Å². The van der Waals surface area contributed by atoms with Crippen molar-refractivity contribution >= 4 is 28.4 Å². The van der Waals surface area contributed by atoms with Crippen molar-refractivity contribution in [2.45, 2.75) is 19.9 Å². The first-order valence-electron chi connectivity index (χ1n) is 6.68. The fraction of sp³-hybridized carbons (Fsp3) is 0.200. The largest absolute Gasteiger partial charge is 0.383 e. The van der Waals surface area contributed by atoms with E-state index in [1.54, 1.807) is 0 Å². The molecule has 2 N–H and O–H groups in total. The number of nitrogens with two attached hydrogens (primary N) is 1. The molecule has 108 valence electrons. The van der Waals surface area contributed by atoms with Crippen molar-refractivity contribution in [2.24, 2.45) is 0 Å². The van der Waals surface area contributed by atoms with E-state index in [0.29, 0.717) is 5.82 Å². The van der Waals surface area contributed by atoms with Crippen LogP contribution in [-0.2, 0) is 0 Å². The van der Waals surface area contributed by atoms with E-state index in [2.05, 4.69) is 39.7 Å². The second kappa shape index (κ2) is 5.51. The van der Waals surface area contributed by atoms with Crippen LogP contribution < -0.4 is 5.73 Å². The van der Waals surface area contributed by atoms with Crippen molar-refractivity contribution in [3.05, 3.63) is 57.6 Å². The maximum absolute atomic E-state index is 6.13. The average molecular weight is 393 g/mol. The second-order valence-electron chi connectivity index (χ2n) is 4.96. The van der Waals surface area contributed by atoms with Gasteiger partial charge in [0, 0.05) is 11.8 Å². The molecule has 1 unspecified atom stereocenters. The van der Waals surface area contributed by atoms with Crippen molar-refractivity contribution in [2.75, 3.05) is 5.73 Å². The Morgan fingerprint density at radius 1 is 1.24 bits per heavy atom. The first-order chi connectivity index (χ1) is 10.1. The van der Waals surface area contributed by atoms with Gasteiger partial charge in [0.25, 0.3) is 0 Å². The molecule has 6 heteroatoms. The molecule has 0 aliphatic heterocycles. The molecule has 0 spiro atoms. The van der Waals surface area contributed by atoms with Crippen LogP contribution in [-0.4, -0.2) is 19.6 Å². The summed E-state index contributed by atoms with van der Waals surface area (Å²) < 4.78 is 4.72. The highest BCUT2D eigenvalue weighted by molar-refractivity contribution is 14.1. The lowest BCUT2D eigenvalue weighted by Gasteiger charge is -2.11. The number of nitrogen functional groups attached to an aromatic ring is 1. The Balaban J connectivity index is 1.94. The number of hydrogen-bond donors (Lipinski definition) is 1. The summed E-state index contributed by atoms with van der Waals surface area (Å²) in [7, 11) is 0. The van der Waals surface area contributed by atoms with Crippen LogP contribution in [0, 0.1) is 10.5 Å². The summed E-state index contributed by atoms with van der Waals surface area (Å²) in [6.45, 7) is 4.04. The Bertz CT molecular complexity index is 760. The molecule has 0 saturated carbocycles. The molecule has 1 aromatic carbocycles. The zero-order valence-corrected chi connectivity index (χ0v) is 14.0. The van der Waals surface area contributed by atoms with Gasteiger partial charge in [0.2, 0.25) is 0 Å². The molecule has 0 aliphatic rings. The quantitative estimate of drug-likeness (QED) is 0.696. The van der Waals surface area contributed by atoms with Gasteiger partial charge < -0.3 is 5.73 Å². The summed E-state index contributed by atoms with van der Waals surface area (Å²) in [5, 5.41) is 8.94. The molecule has 3 rings (SSSR count). The van der Waals surface area contributed by atoms with Crippen LogP contribution in [0.25, 0.3) is 5.69 Å². The molecule has 1 atom stereocenters. The molecule has 2 heterocycles. The first kappa shape index (κ1) is 14.1. The fourth-order valence-electron chi connectivity index (χ4n) is 2.26. The predicted molar refractivity (Wildman–Crippen MR) is 91.5 cm³/mol. The number of aryl methyl sites for hydroxylation is 1. The van der Waals surface area contributed by atoms with Gasteiger partial charge in [-0.3, -0.25) is 0 Å². The summed E-state index contributed by atoms with van der Waals surface area (Å²) in [6.07, 6.45) is 3.88. The van der Waals surface area contributed by atoms with E-state index in [0.717, 1.165) is 20.5 Å². The summed E-state index contributed by atoms with van der Waals surface area (Å²) in [6, 6.07) is 10.1. The zero-order chi connectivity index (χ0) is 15.0. The lowest BCUT2D eigenvalue weighted by molar-refractivity contribution is 0.569. The van der Waals surface area contributed by atoms with Crippen LogP contribution in [0.5, 0.6) is 0 Å². The van der Waals surface area contributed by atoms with Gasteiger partial charge in [0.1, 0.15) is 5.82 Å². The molecule has 21 heavy (non-hydrogen) atoms. The number of nitrogens with zero attached hydrogens (tertiary/aromatic N) is 4. The third kappa shape index (κ3) is 2.55. The average Bonchev–Trinajstić information content (AvgIpc) is 3.09. The predicted octanol–water partition coefficient (Wildman–Crippen LogP) is 3.17.